The quantitative estimate of drug-likeness (QED) is 0.323. The van der Waals surface area contributed by atoms with Crippen LogP contribution in [-0.4, -0.2) is 38.9 Å². The molecule has 0 bridgehead atoms. The first-order valence-corrected chi connectivity index (χ1v) is 9.83. The van der Waals surface area contributed by atoms with Crippen LogP contribution in [0.1, 0.15) is 10.4 Å². The summed E-state index contributed by atoms with van der Waals surface area (Å²) in [5, 5.41) is 15.3. The predicted molar refractivity (Wildman–Crippen MR) is 113 cm³/mol. The molecule has 0 fully saturated rings. The summed E-state index contributed by atoms with van der Waals surface area (Å²) in [7, 11) is 0. The van der Waals surface area contributed by atoms with Crippen LogP contribution in [0.15, 0.2) is 60.7 Å². The third-order valence-electron chi connectivity index (χ3n) is 4.08. The van der Waals surface area contributed by atoms with Crippen molar-refractivity contribution in [2.45, 2.75) is 0 Å². The van der Waals surface area contributed by atoms with E-state index < -0.39 is 0 Å². The molecule has 0 aliphatic rings. The Hall–Kier alpha value is -3.08. The van der Waals surface area contributed by atoms with Gasteiger partial charge >= 0.3 is 0 Å². The molecule has 2 aromatic heterocycles. The van der Waals surface area contributed by atoms with Gasteiger partial charge in [0.1, 0.15) is 12.4 Å². The minimum atomic E-state index is -0.365. The fourth-order valence-corrected chi connectivity index (χ4v) is 3.35. The zero-order valence-corrected chi connectivity index (χ0v) is 17.2. The first kappa shape index (κ1) is 19.2. The van der Waals surface area contributed by atoms with Crippen molar-refractivity contribution >= 4 is 34.1 Å². The van der Waals surface area contributed by atoms with E-state index in [4.69, 9.17) is 4.74 Å². The lowest BCUT2D eigenvalue weighted by molar-refractivity contribution is 0.0945. The summed E-state index contributed by atoms with van der Waals surface area (Å²) in [5.74, 6) is 0.236. The number of rotatable bonds is 6. The lowest BCUT2D eigenvalue weighted by Gasteiger charge is -2.08. The molecular formula is C20H15FIN5O2. The molecule has 0 aliphatic carbocycles. The van der Waals surface area contributed by atoms with Gasteiger partial charge in [0.05, 0.1) is 12.1 Å². The third-order valence-corrected chi connectivity index (χ3v) is 5.02. The first-order valence-electron chi connectivity index (χ1n) is 8.76. The number of benzene rings is 2. The Morgan fingerprint density at radius 2 is 1.97 bits per heavy atom. The monoisotopic (exact) mass is 503 g/mol. The Morgan fingerprint density at radius 3 is 2.79 bits per heavy atom. The Labute approximate surface area is 179 Å². The third kappa shape index (κ3) is 4.34. The Balaban J connectivity index is 1.42. The predicted octanol–water partition coefficient (Wildman–Crippen LogP) is 3.34. The number of carbonyl (C=O) groups is 1. The summed E-state index contributed by atoms with van der Waals surface area (Å²) in [6.07, 6.45) is 0. The molecule has 1 N–H and O–H groups in total. The number of aromatic nitrogens is 4. The van der Waals surface area contributed by atoms with Crippen LogP contribution in [0, 0.1) is 9.39 Å². The highest BCUT2D eigenvalue weighted by atomic mass is 127. The van der Waals surface area contributed by atoms with Crippen LogP contribution < -0.4 is 10.1 Å². The van der Waals surface area contributed by atoms with E-state index >= 15 is 0 Å². The summed E-state index contributed by atoms with van der Waals surface area (Å²) in [6, 6.07) is 16.8. The summed E-state index contributed by atoms with van der Waals surface area (Å²) in [4.78, 5) is 12.2. The van der Waals surface area contributed by atoms with Gasteiger partial charge in [-0.05, 0) is 52.9 Å². The molecule has 1 amide bonds. The van der Waals surface area contributed by atoms with Crippen molar-refractivity contribution in [3.05, 3.63) is 75.6 Å². The highest BCUT2D eigenvalue weighted by molar-refractivity contribution is 14.1. The number of carbonyl (C=O) groups excluding carboxylic acids is 1. The van der Waals surface area contributed by atoms with Crippen molar-refractivity contribution in [1.82, 2.24) is 25.1 Å². The number of nitrogens with one attached hydrogen (secondary N) is 1. The molecule has 4 aromatic rings. The summed E-state index contributed by atoms with van der Waals surface area (Å²) in [6.45, 7) is 0.563. The minimum absolute atomic E-state index is 0.158. The average molecular weight is 503 g/mol. The molecule has 0 atom stereocenters. The van der Waals surface area contributed by atoms with Gasteiger partial charge in [0.15, 0.2) is 11.5 Å². The number of amides is 1. The van der Waals surface area contributed by atoms with E-state index in [-0.39, 0.29) is 18.3 Å². The normalized spacial score (nSPS) is 10.8. The van der Waals surface area contributed by atoms with Crippen LogP contribution in [0.5, 0.6) is 5.88 Å². The molecule has 9 heteroatoms. The van der Waals surface area contributed by atoms with E-state index in [1.807, 2.05) is 18.2 Å². The van der Waals surface area contributed by atoms with Gasteiger partial charge < -0.3 is 10.1 Å². The van der Waals surface area contributed by atoms with Crippen molar-refractivity contribution in [3.63, 3.8) is 0 Å². The second kappa shape index (κ2) is 8.52. The van der Waals surface area contributed by atoms with Gasteiger partial charge in [-0.15, -0.1) is 15.3 Å². The Bertz CT molecular complexity index is 1180. The average Bonchev–Trinajstić information content (AvgIpc) is 3.15. The molecule has 0 spiro atoms. The number of nitrogens with zero attached hydrogens (tertiary/aromatic N) is 4. The molecule has 0 unspecified atom stereocenters. The lowest BCUT2D eigenvalue weighted by Crippen LogP contribution is -2.28. The molecule has 0 aliphatic heterocycles. The molecule has 7 nitrogen and oxygen atoms in total. The Kier molecular flexibility index (Phi) is 5.65. The fraction of sp³-hybridized carbons (Fsp3) is 0.100. The summed E-state index contributed by atoms with van der Waals surface area (Å²) in [5.41, 5.74) is 1.70. The second-order valence-corrected chi connectivity index (χ2v) is 7.22. The van der Waals surface area contributed by atoms with Crippen molar-refractivity contribution in [3.8, 4) is 17.3 Å². The van der Waals surface area contributed by atoms with Crippen molar-refractivity contribution < 1.29 is 13.9 Å². The van der Waals surface area contributed by atoms with E-state index in [0.29, 0.717) is 35.0 Å². The van der Waals surface area contributed by atoms with Gasteiger partial charge in [-0.2, -0.15) is 4.52 Å². The molecule has 0 saturated carbocycles. The Morgan fingerprint density at radius 1 is 1.10 bits per heavy atom. The van der Waals surface area contributed by atoms with Crippen LogP contribution in [0.4, 0.5) is 4.39 Å². The highest BCUT2D eigenvalue weighted by Crippen LogP contribution is 2.19. The smallest absolute Gasteiger partial charge is 0.252 e. The first-order chi connectivity index (χ1) is 14.1. The number of ether oxygens (including phenoxy) is 1. The van der Waals surface area contributed by atoms with Gasteiger partial charge in [-0.3, -0.25) is 4.79 Å². The van der Waals surface area contributed by atoms with Gasteiger partial charge in [-0.25, -0.2) is 4.39 Å². The summed E-state index contributed by atoms with van der Waals surface area (Å²) >= 11 is 2.12. The van der Waals surface area contributed by atoms with E-state index in [0.717, 1.165) is 3.57 Å². The highest BCUT2D eigenvalue weighted by Gasteiger charge is 2.12. The zero-order valence-electron chi connectivity index (χ0n) is 15.0. The molecule has 0 radical (unpaired) electrons. The maximum Gasteiger partial charge on any atom is 0.252 e. The topological polar surface area (TPSA) is 81.4 Å². The number of fused-ring (bicyclic) bond motifs is 1. The maximum absolute atomic E-state index is 13.5. The molecule has 0 saturated heterocycles. The number of halogens is 2. The largest absolute Gasteiger partial charge is 0.475 e. The number of hydrogen-bond acceptors (Lipinski definition) is 5. The summed E-state index contributed by atoms with van der Waals surface area (Å²) < 4.78 is 21.5. The van der Waals surface area contributed by atoms with Gasteiger partial charge in [0, 0.05) is 15.2 Å². The van der Waals surface area contributed by atoms with E-state index in [2.05, 4.69) is 43.2 Å². The molecule has 146 valence electrons. The second-order valence-electron chi connectivity index (χ2n) is 6.06. The van der Waals surface area contributed by atoms with Crippen LogP contribution in [-0.2, 0) is 0 Å². The standard InChI is InChI=1S/C20H15FIN5O2/c21-14-5-3-4-13(12-14)19-25-24-17-8-9-18(26-27(17)19)29-11-10-23-20(28)15-6-1-2-7-16(15)22/h1-9,12H,10-11H2,(H,23,28). The molecule has 2 heterocycles. The van der Waals surface area contributed by atoms with E-state index in [1.54, 1.807) is 30.3 Å². The lowest BCUT2D eigenvalue weighted by atomic mass is 10.2. The van der Waals surface area contributed by atoms with Crippen molar-refractivity contribution in [1.29, 1.82) is 0 Å². The van der Waals surface area contributed by atoms with Crippen molar-refractivity contribution in [2.75, 3.05) is 13.2 Å². The minimum Gasteiger partial charge on any atom is -0.475 e. The SMILES string of the molecule is O=C(NCCOc1ccc2nnc(-c3cccc(F)c3)n2n1)c1ccccc1I. The zero-order chi connectivity index (χ0) is 20.2. The van der Waals surface area contributed by atoms with E-state index in [9.17, 15) is 9.18 Å². The van der Waals surface area contributed by atoms with Gasteiger partial charge in [0.25, 0.3) is 5.91 Å². The maximum atomic E-state index is 13.5. The van der Waals surface area contributed by atoms with Crippen LogP contribution >= 0.6 is 22.6 Å². The van der Waals surface area contributed by atoms with Crippen LogP contribution in [0.2, 0.25) is 0 Å². The molecule has 29 heavy (non-hydrogen) atoms. The number of hydrogen-bond donors (Lipinski definition) is 1. The van der Waals surface area contributed by atoms with Gasteiger partial charge in [-0.1, -0.05) is 24.3 Å². The van der Waals surface area contributed by atoms with Crippen molar-refractivity contribution in [2.24, 2.45) is 0 Å². The van der Waals surface area contributed by atoms with Crippen LogP contribution in [0.25, 0.3) is 17.0 Å². The van der Waals surface area contributed by atoms with E-state index in [1.165, 1.54) is 16.6 Å². The van der Waals surface area contributed by atoms with Crippen LogP contribution in [0.3, 0.4) is 0 Å². The molecule has 4 rings (SSSR count). The molecular weight excluding hydrogens is 488 g/mol. The molecule has 2 aromatic carbocycles. The fourth-order valence-electron chi connectivity index (χ4n) is 2.72. The van der Waals surface area contributed by atoms with Gasteiger partial charge in [0.2, 0.25) is 5.88 Å².